The van der Waals surface area contributed by atoms with E-state index in [2.05, 4.69) is 10.6 Å². The third-order valence-electron chi connectivity index (χ3n) is 6.39. The van der Waals surface area contributed by atoms with Crippen LogP contribution in [0.2, 0.25) is 0 Å². The number of fused-ring (bicyclic) bond motifs is 1. The number of hydrogen-bond acceptors (Lipinski definition) is 6. The highest BCUT2D eigenvalue weighted by Crippen LogP contribution is 2.29. The lowest BCUT2D eigenvalue weighted by Gasteiger charge is -2.29. The summed E-state index contributed by atoms with van der Waals surface area (Å²) in [6.45, 7) is 2.01. The molecule has 0 bridgehead atoms. The minimum atomic E-state index is -0.0566. The van der Waals surface area contributed by atoms with Crippen LogP contribution >= 0.6 is 0 Å². The van der Waals surface area contributed by atoms with Crippen molar-refractivity contribution in [2.24, 2.45) is 5.92 Å². The monoisotopic (exact) mass is 447 g/mol. The molecule has 0 unspecified atom stereocenters. The number of methoxy groups -OCH3 is 1. The largest absolute Gasteiger partial charge is 0.497 e. The van der Waals surface area contributed by atoms with Crippen LogP contribution in [0.5, 0.6) is 5.75 Å². The van der Waals surface area contributed by atoms with Crippen molar-refractivity contribution in [3.63, 3.8) is 0 Å². The molecule has 2 aromatic carbocycles. The van der Waals surface area contributed by atoms with Crippen molar-refractivity contribution in [2.75, 3.05) is 31.4 Å². The summed E-state index contributed by atoms with van der Waals surface area (Å²) >= 11 is 0. The van der Waals surface area contributed by atoms with Gasteiger partial charge in [-0.3, -0.25) is 4.79 Å². The van der Waals surface area contributed by atoms with E-state index in [1.807, 2.05) is 74.4 Å². The SMILES string of the molecule is COc1cccc([C@@H](C)NC(=O)[C@H]2CC[C@@H](Nc3nc(N(C)C)c4ccccc4n3)CC2)c1. The zero-order chi connectivity index (χ0) is 23.4. The normalized spacial score (nSPS) is 19.0. The molecule has 1 saturated carbocycles. The van der Waals surface area contributed by atoms with Crippen molar-refractivity contribution in [3.8, 4) is 5.75 Å². The molecule has 1 atom stereocenters. The number of benzene rings is 2. The van der Waals surface area contributed by atoms with E-state index in [4.69, 9.17) is 14.7 Å². The highest BCUT2D eigenvalue weighted by molar-refractivity contribution is 5.90. The Morgan fingerprint density at radius 3 is 2.55 bits per heavy atom. The van der Waals surface area contributed by atoms with Gasteiger partial charge in [0.05, 0.1) is 18.7 Å². The first kappa shape index (κ1) is 22.8. The number of carbonyl (C=O) groups excluding carboxylic acids is 1. The molecular weight excluding hydrogens is 414 g/mol. The summed E-state index contributed by atoms with van der Waals surface area (Å²) in [5.74, 6) is 2.51. The molecule has 0 saturated heterocycles. The van der Waals surface area contributed by atoms with Crippen LogP contribution in [0.15, 0.2) is 48.5 Å². The van der Waals surface area contributed by atoms with Crippen LogP contribution in [-0.2, 0) is 4.79 Å². The zero-order valence-electron chi connectivity index (χ0n) is 19.8. The van der Waals surface area contributed by atoms with Crippen LogP contribution in [0.25, 0.3) is 10.9 Å². The van der Waals surface area contributed by atoms with E-state index in [1.165, 1.54) is 0 Å². The van der Waals surface area contributed by atoms with E-state index >= 15 is 0 Å². The molecule has 1 fully saturated rings. The van der Waals surface area contributed by atoms with Gasteiger partial charge in [0, 0.05) is 31.4 Å². The molecule has 0 radical (unpaired) electrons. The van der Waals surface area contributed by atoms with Crippen molar-refractivity contribution in [1.29, 1.82) is 0 Å². The maximum absolute atomic E-state index is 12.9. The number of nitrogens with one attached hydrogen (secondary N) is 2. The Balaban J connectivity index is 1.35. The van der Waals surface area contributed by atoms with Gasteiger partial charge in [0.2, 0.25) is 11.9 Å². The van der Waals surface area contributed by atoms with Gasteiger partial charge in [-0.05, 0) is 62.4 Å². The van der Waals surface area contributed by atoms with Gasteiger partial charge in [0.15, 0.2) is 0 Å². The Hall–Kier alpha value is -3.35. The summed E-state index contributed by atoms with van der Waals surface area (Å²) in [6.07, 6.45) is 3.53. The minimum Gasteiger partial charge on any atom is -0.497 e. The van der Waals surface area contributed by atoms with Crippen LogP contribution in [0.3, 0.4) is 0 Å². The number of para-hydroxylation sites is 1. The summed E-state index contributed by atoms with van der Waals surface area (Å²) in [5.41, 5.74) is 1.97. The predicted octanol–water partition coefficient (Wildman–Crippen LogP) is 4.55. The smallest absolute Gasteiger partial charge is 0.225 e. The number of amides is 1. The molecule has 7 heteroatoms. The second-order valence-corrected chi connectivity index (χ2v) is 8.98. The molecule has 0 spiro atoms. The topological polar surface area (TPSA) is 79.4 Å². The van der Waals surface area contributed by atoms with Gasteiger partial charge in [-0.1, -0.05) is 24.3 Å². The predicted molar refractivity (Wildman–Crippen MR) is 133 cm³/mol. The van der Waals surface area contributed by atoms with Crippen molar-refractivity contribution in [3.05, 3.63) is 54.1 Å². The summed E-state index contributed by atoms with van der Waals surface area (Å²) in [4.78, 5) is 24.4. The lowest BCUT2D eigenvalue weighted by molar-refractivity contribution is -0.126. The molecular formula is C26H33N5O2. The van der Waals surface area contributed by atoms with Gasteiger partial charge in [-0.25, -0.2) is 4.98 Å². The quantitative estimate of drug-likeness (QED) is 0.553. The lowest BCUT2D eigenvalue weighted by Crippen LogP contribution is -2.37. The number of ether oxygens (including phenoxy) is 1. The van der Waals surface area contributed by atoms with Crippen molar-refractivity contribution >= 4 is 28.6 Å². The van der Waals surface area contributed by atoms with Gasteiger partial charge in [-0.2, -0.15) is 4.98 Å². The molecule has 7 nitrogen and oxygen atoms in total. The molecule has 1 amide bonds. The average Bonchev–Trinajstić information content (AvgIpc) is 2.83. The van der Waals surface area contributed by atoms with E-state index in [0.29, 0.717) is 5.95 Å². The summed E-state index contributed by atoms with van der Waals surface area (Å²) in [5, 5.41) is 7.73. The Morgan fingerprint density at radius 2 is 1.82 bits per heavy atom. The summed E-state index contributed by atoms with van der Waals surface area (Å²) < 4.78 is 5.30. The molecule has 174 valence electrons. The number of nitrogens with zero attached hydrogens (tertiary/aromatic N) is 3. The maximum Gasteiger partial charge on any atom is 0.225 e. The minimum absolute atomic E-state index is 0.0333. The van der Waals surface area contributed by atoms with Gasteiger partial charge >= 0.3 is 0 Å². The van der Waals surface area contributed by atoms with Crippen LogP contribution in [0, 0.1) is 5.92 Å². The Kier molecular flexibility index (Phi) is 6.96. The van der Waals surface area contributed by atoms with Gasteiger partial charge in [-0.15, -0.1) is 0 Å². The van der Waals surface area contributed by atoms with Gasteiger partial charge in [0.25, 0.3) is 0 Å². The van der Waals surface area contributed by atoms with Crippen LogP contribution in [0.1, 0.15) is 44.2 Å². The van der Waals surface area contributed by atoms with Crippen LogP contribution in [-0.4, -0.2) is 43.1 Å². The van der Waals surface area contributed by atoms with Crippen molar-refractivity contribution < 1.29 is 9.53 Å². The Labute approximate surface area is 195 Å². The second kappa shape index (κ2) is 10.1. The Morgan fingerprint density at radius 1 is 1.06 bits per heavy atom. The Bertz CT molecular complexity index is 1110. The zero-order valence-corrected chi connectivity index (χ0v) is 19.8. The van der Waals surface area contributed by atoms with E-state index in [1.54, 1.807) is 7.11 Å². The fourth-order valence-corrected chi connectivity index (χ4v) is 4.47. The third-order valence-corrected chi connectivity index (χ3v) is 6.39. The number of aromatic nitrogens is 2. The first-order valence-corrected chi connectivity index (χ1v) is 11.6. The van der Waals surface area contributed by atoms with Crippen LogP contribution < -0.4 is 20.3 Å². The lowest BCUT2D eigenvalue weighted by atomic mass is 9.85. The molecule has 1 aliphatic rings. The molecule has 2 N–H and O–H groups in total. The standard InChI is InChI=1S/C26H33N5O2/c1-17(19-8-7-9-21(16-19)33-4)27-25(32)18-12-14-20(15-13-18)28-26-29-23-11-6-5-10-22(23)24(30-26)31(2)3/h5-11,16-18,20H,12-15H2,1-4H3,(H,27,32)(H,28,29,30)/t17-,18-,20+/m1/s1. The van der Waals surface area contributed by atoms with Crippen LogP contribution in [0.4, 0.5) is 11.8 Å². The first-order chi connectivity index (χ1) is 15.9. The fourth-order valence-electron chi connectivity index (χ4n) is 4.47. The van der Waals surface area contributed by atoms with E-state index in [9.17, 15) is 4.79 Å². The van der Waals surface area contributed by atoms with E-state index < -0.39 is 0 Å². The van der Waals surface area contributed by atoms with E-state index in [0.717, 1.165) is 53.7 Å². The van der Waals surface area contributed by atoms with Gasteiger partial charge in [0.1, 0.15) is 11.6 Å². The highest BCUT2D eigenvalue weighted by Gasteiger charge is 2.28. The fraction of sp³-hybridized carbons (Fsp3) is 0.423. The van der Waals surface area contributed by atoms with Gasteiger partial charge < -0.3 is 20.3 Å². The molecule has 33 heavy (non-hydrogen) atoms. The second-order valence-electron chi connectivity index (χ2n) is 8.98. The maximum atomic E-state index is 12.9. The number of carbonyl (C=O) groups is 1. The molecule has 1 aromatic heterocycles. The molecule has 1 aliphatic carbocycles. The highest BCUT2D eigenvalue weighted by atomic mass is 16.5. The van der Waals surface area contributed by atoms with E-state index in [-0.39, 0.29) is 23.9 Å². The summed E-state index contributed by atoms with van der Waals surface area (Å²) in [6, 6.07) is 16.1. The number of hydrogen-bond donors (Lipinski definition) is 2. The molecule has 0 aliphatic heterocycles. The third kappa shape index (κ3) is 5.35. The first-order valence-electron chi connectivity index (χ1n) is 11.6. The number of anilines is 2. The van der Waals surface area contributed by atoms with Crippen molar-refractivity contribution in [2.45, 2.75) is 44.7 Å². The molecule has 3 aromatic rings. The number of rotatable bonds is 7. The average molecular weight is 448 g/mol. The molecule has 1 heterocycles. The summed E-state index contributed by atoms with van der Waals surface area (Å²) in [7, 11) is 5.64. The molecule has 4 rings (SSSR count). The van der Waals surface area contributed by atoms with Crippen molar-refractivity contribution in [1.82, 2.24) is 15.3 Å².